The molecule has 1 aliphatic carbocycles. The van der Waals surface area contributed by atoms with E-state index in [9.17, 15) is 4.79 Å². The van der Waals surface area contributed by atoms with Crippen LogP contribution in [-0.2, 0) is 9.53 Å². The van der Waals surface area contributed by atoms with E-state index in [1.165, 1.54) is 76.2 Å². The van der Waals surface area contributed by atoms with Gasteiger partial charge in [0, 0.05) is 0 Å². The minimum absolute atomic E-state index is 0.00760. The quantitative estimate of drug-likeness (QED) is 0.139. The molecule has 0 saturated heterocycles. The number of hydrogen-bond donors (Lipinski definition) is 0. The number of carbonyl (C=O) groups is 1. The van der Waals surface area contributed by atoms with Gasteiger partial charge < -0.3 is 4.74 Å². The molecule has 0 bridgehead atoms. The van der Waals surface area contributed by atoms with Crippen LogP contribution in [0.4, 0.5) is 0 Å². The number of unbranched alkanes of at least 4 members (excludes halogenated alkanes) is 7. The number of rotatable bonds is 13. The fraction of sp³-hybridized carbons (Fsp3) is 0.792. The van der Waals surface area contributed by atoms with E-state index in [1.807, 2.05) is 6.08 Å². The maximum absolute atomic E-state index is 12.7. The Kier molecular flexibility index (Phi) is 12.0. The van der Waals surface area contributed by atoms with Crippen LogP contribution in [0.5, 0.6) is 0 Å². The number of ether oxygens (including phenoxy) is 1. The Morgan fingerprint density at radius 2 is 1.56 bits per heavy atom. The first kappa shape index (κ1) is 24.2. The van der Waals surface area contributed by atoms with Crippen LogP contribution in [0.2, 0.25) is 25.2 Å². The van der Waals surface area contributed by atoms with Crippen molar-refractivity contribution in [1.82, 2.24) is 0 Å². The van der Waals surface area contributed by atoms with E-state index < -0.39 is 8.07 Å². The van der Waals surface area contributed by atoms with Crippen molar-refractivity contribution in [3.63, 3.8) is 0 Å². The Labute approximate surface area is 169 Å². The van der Waals surface area contributed by atoms with Gasteiger partial charge in [0.15, 0.2) is 0 Å². The molecule has 0 amide bonds. The summed E-state index contributed by atoms with van der Waals surface area (Å²) in [5.41, 5.74) is 1.47. The summed E-state index contributed by atoms with van der Waals surface area (Å²) in [6.07, 6.45) is 21.1. The lowest BCUT2D eigenvalue weighted by Crippen LogP contribution is -2.38. The number of esters is 1. The number of methoxy groups -OCH3 is 1. The van der Waals surface area contributed by atoms with Crippen LogP contribution in [-0.4, -0.2) is 21.2 Å². The first-order valence-electron chi connectivity index (χ1n) is 11.3. The third-order valence-electron chi connectivity index (χ3n) is 5.96. The third kappa shape index (κ3) is 9.27. The average molecular weight is 393 g/mol. The van der Waals surface area contributed by atoms with Gasteiger partial charge in [-0.1, -0.05) is 82.3 Å². The molecule has 1 atom stereocenters. The molecule has 1 aliphatic rings. The van der Waals surface area contributed by atoms with Crippen molar-refractivity contribution >= 4 is 14.0 Å². The van der Waals surface area contributed by atoms with Crippen molar-refractivity contribution in [2.45, 2.75) is 109 Å². The summed E-state index contributed by atoms with van der Waals surface area (Å²) >= 11 is 0. The second kappa shape index (κ2) is 13.4. The van der Waals surface area contributed by atoms with Crippen LogP contribution < -0.4 is 0 Å². The molecule has 0 aliphatic heterocycles. The van der Waals surface area contributed by atoms with Crippen molar-refractivity contribution in [2.75, 3.05) is 7.11 Å². The average Bonchev–Trinajstić information content (AvgIpc) is 2.65. The fourth-order valence-corrected chi connectivity index (χ4v) is 6.65. The SMILES string of the molecule is C=CCCCCCCCC/C=C(/C1CCCCC1)C(C(=O)OC)[Si](C)(C)C. The first-order chi connectivity index (χ1) is 12.9. The highest BCUT2D eigenvalue weighted by atomic mass is 28.3. The van der Waals surface area contributed by atoms with Gasteiger partial charge in [-0.25, -0.2) is 0 Å². The Hall–Kier alpha value is -0.833. The summed E-state index contributed by atoms with van der Waals surface area (Å²) in [5.74, 6) is 0.613. The molecule has 0 radical (unpaired) electrons. The molecule has 1 fully saturated rings. The van der Waals surface area contributed by atoms with Crippen LogP contribution in [0.3, 0.4) is 0 Å². The topological polar surface area (TPSA) is 26.3 Å². The smallest absolute Gasteiger partial charge is 0.309 e. The van der Waals surface area contributed by atoms with Crippen LogP contribution in [0.15, 0.2) is 24.3 Å². The van der Waals surface area contributed by atoms with Gasteiger partial charge in [0.2, 0.25) is 0 Å². The summed E-state index contributed by atoms with van der Waals surface area (Å²) in [7, 11) is -0.107. The predicted octanol–water partition coefficient (Wildman–Crippen LogP) is 7.68. The third-order valence-corrected chi connectivity index (χ3v) is 8.26. The molecule has 0 aromatic rings. The molecular weight excluding hydrogens is 348 g/mol. The van der Waals surface area contributed by atoms with Crippen molar-refractivity contribution in [2.24, 2.45) is 5.92 Å². The van der Waals surface area contributed by atoms with Crippen molar-refractivity contribution < 1.29 is 9.53 Å². The van der Waals surface area contributed by atoms with E-state index >= 15 is 0 Å². The maximum Gasteiger partial charge on any atom is 0.309 e. The lowest BCUT2D eigenvalue weighted by atomic mass is 9.81. The number of carbonyl (C=O) groups excluding carboxylic acids is 1. The zero-order valence-electron chi connectivity index (χ0n) is 18.5. The van der Waals surface area contributed by atoms with Crippen LogP contribution in [0, 0.1) is 5.92 Å². The zero-order valence-corrected chi connectivity index (χ0v) is 19.5. The standard InChI is InChI=1S/C24H44O2Si/c1-6-7-8-9-10-11-12-13-17-20-22(21-18-15-14-16-19-21)23(24(25)26-2)27(3,4)5/h6,20-21,23H,1,7-19H2,2-5H3/b22-20-. The Bertz CT molecular complexity index is 455. The largest absolute Gasteiger partial charge is 0.469 e. The molecule has 156 valence electrons. The van der Waals surface area contributed by atoms with Crippen molar-refractivity contribution in [1.29, 1.82) is 0 Å². The maximum atomic E-state index is 12.7. The van der Waals surface area contributed by atoms with Gasteiger partial charge in [-0.3, -0.25) is 4.79 Å². The summed E-state index contributed by atoms with van der Waals surface area (Å²) in [4.78, 5) is 12.7. The minimum atomic E-state index is -1.66. The molecule has 0 N–H and O–H groups in total. The lowest BCUT2D eigenvalue weighted by molar-refractivity contribution is -0.140. The van der Waals surface area contributed by atoms with E-state index in [4.69, 9.17) is 4.74 Å². The second-order valence-electron chi connectivity index (χ2n) is 9.35. The van der Waals surface area contributed by atoms with Gasteiger partial charge >= 0.3 is 5.97 Å². The highest BCUT2D eigenvalue weighted by molar-refractivity contribution is 6.81. The van der Waals surface area contributed by atoms with Gasteiger partial charge in [0.05, 0.1) is 20.7 Å². The number of allylic oxidation sites excluding steroid dienone is 2. The van der Waals surface area contributed by atoms with E-state index in [0.717, 1.165) is 12.8 Å². The highest BCUT2D eigenvalue weighted by Crippen LogP contribution is 2.41. The molecule has 1 saturated carbocycles. The van der Waals surface area contributed by atoms with E-state index in [2.05, 4.69) is 32.3 Å². The first-order valence-corrected chi connectivity index (χ1v) is 14.9. The predicted molar refractivity (Wildman–Crippen MR) is 121 cm³/mol. The summed E-state index contributed by atoms with van der Waals surface area (Å²) in [6.45, 7) is 10.7. The summed E-state index contributed by atoms with van der Waals surface area (Å²) < 4.78 is 5.25. The molecule has 3 heteroatoms. The van der Waals surface area contributed by atoms with Gasteiger partial charge in [-0.15, -0.1) is 6.58 Å². The van der Waals surface area contributed by atoms with Gasteiger partial charge in [0.1, 0.15) is 0 Å². The molecule has 0 aromatic heterocycles. The normalized spacial score (nSPS) is 17.6. The Morgan fingerprint density at radius 3 is 2.07 bits per heavy atom. The van der Waals surface area contributed by atoms with Crippen LogP contribution >= 0.6 is 0 Å². The Balaban J connectivity index is 2.66. The van der Waals surface area contributed by atoms with Crippen molar-refractivity contribution in [3.8, 4) is 0 Å². The number of hydrogen-bond acceptors (Lipinski definition) is 2. The fourth-order valence-electron chi connectivity index (χ4n) is 4.47. The monoisotopic (exact) mass is 392 g/mol. The molecule has 0 spiro atoms. The second-order valence-corrected chi connectivity index (χ2v) is 14.7. The van der Waals surface area contributed by atoms with Gasteiger partial charge in [0.25, 0.3) is 0 Å². The van der Waals surface area contributed by atoms with Crippen LogP contribution in [0.25, 0.3) is 0 Å². The molecule has 1 rings (SSSR count). The Morgan fingerprint density at radius 1 is 1.00 bits per heavy atom. The minimum Gasteiger partial charge on any atom is -0.469 e. The summed E-state index contributed by atoms with van der Waals surface area (Å²) in [5, 5.41) is 0. The molecule has 0 aromatic carbocycles. The molecule has 0 heterocycles. The van der Waals surface area contributed by atoms with E-state index in [-0.39, 0.29) is 11.5 Å². The molecule has 1 unspecified atom stereocenters. The zero-order chi connectivity index (χ0) is 20.1. The van der Waals surface area contributed by atoms with Crippen LogP contribution in [0.1, 0.15) is 83.5 Å². The highest BCUT2D eigenvalue weighted by Gasteiger charge is 2.39. The lowest BCUT2D eigenvalue weighted by Gasteiger charge is -2.35. The van der Waals surface area contributed by atoms with Crippen molar-refractivity contribution in [3.05, 3.63) is 24.3 Å². The van der Waals surface area contributed by atoms with E-state index in [0.29, 0.717) is 5.92 Å². The molecular formula is C24H44O2Si. The molecule has 2 nitrogen and oxygen atoms in total. The van der Waals surface area contributed by atoms with E-state index in [1.54, 1.807) is 7.11 Å². The summed E-state index contributed by atoms with van der Waals surface area (Å²) in [6, 6.07) is 0. The molecule has 27 heavy (non-hydrogen) atoms. The van der Waals surface area contributed by atoms with Gasteiger partial charge in [-0.2, -0.15) is 0 Å². The van der Waals surface area contributed by atoms with Gasteiger partial charge in [-0.05, 0) is 44.4 Å².